The van der Waals surface area contributed by atoms with Crippen LogP contribution in [0.25, 0.3) is 0 Å². The fourth-order valence-corrected chi connectivity index (χ4v) is 1.54. The van der Waals surface area contributed by atoms with E-state index in [9.17, 15) is 18.0 Å². The number of hydrogen-bond donors (Lipinski definition) is 1. The van der Waals surface area contributed by atoms with E-state index in [2.05, 4.69) is 9.47 Å². The number of ether oxygens (including phenoxy) is 2. The van der Waals surface area contributed by atoms with Crippen LogP contribution in [0.3, 0.4) is 0 Å². The van der Waals surface area contributed by atoms with E-state index < -0.39 is 16.1 Å². The van der Waals surface area contributed by atoms with E-state index in [1.807, 2.05) is 0 Å². The molecule has 8 heteroatoms. The fraction of sp³-hybridized carbons (Fsp3) is 0.667. The predicted octanol–water partition coefficient (Wildman–Crippen LogP) is -0.765. The molecule has 0 aliphatic carbocycles. The first kappa shape index (κ1) is 12.7. The fourth-order valence-electron chi connectivity index (χ4n) is 0.600. The highest BCUT2D eigenvalue weighted by molar-refractivity contribution is 7.90. The molecule has 0 rings (SSSR count). The minimum atomic E-state index is -3.69. The molecule has 0 bridgehead atoms. The summed E-state index contributed by atoms with van der Waals surface area (Å²) in [6.07, 6.45) is -0.924. The molecule has 0 saturated heterocycles. The maximum Gasteiger partial charge on any atom is 0.420 e. The first-order chi connectivity index (χ1) is 6.52. The quantitative estimate of drug-likeness (QED) is 0.471. The Kier molecular flexibility index (Phi) is 5.61. The van der Waals surface area contributed by atoms with Crippen molar-refractivity contribution in [2.24, 2.45) is 0 Å². The molecule has 1 amide bonds. The highest BCUT2D eigenvalue weighted by atomic mass is 32.2. The van der Waals surface area contributed by atoms with Crippen LogP contribution in [0.4, 0.5) is 4.79 Å². The van der Waals surface area contributed by atoms with Crippen molar-refractivity contribution in [2.45, 2.75) is 6.42 Å². The molecule has 0 unspecified atom stereocenters. The maximum absolute atomic E-state index is 11.0. The summed E-state index contributed by atoms with van der Waals surface area (Å²) in [6, 6.07) is 0. The van der Waals surface area contributed by atoms with Crippen LogP contribution in [-0.4, -0.2) is 40.5 Å². The van der Waals surface area contributed by atoms with Gasteiger partial charge >= 0.3 is 6.09 Å². The molecule has 0 saturated carbocycles. The normalized spacial score (nSPS) is 10.4. The summed E-state index contributed by atoms with van der Waals surface area (Å²) in [5.41, 5.74) is 0. The zero-order valence-corrected chi connectivity index (χ0v) is 8.37. The Hall–Kier alpha value is -1.31. The third-order valence-corrected chi connectivity index (χ3v) is 2.47. The number of carbonyl (C=O) groups excluding carboxylic acids is 2. The molecular formula is C6H11NO6S. The van der Waals surface area contributed by atoms with Gasteiger partial charge < -0.3 is 9.47 Å². The topological polar surface area (TPSA) is 98.8 Å². The van der Waals surface area contributed by atoms with Gasteiger partial charge in [-0.1, -0.05) is 0 Å². The van der Waals surface area contributed by atoms with Gasteiger partial charge in [-0.15, -0.1) is 0 Å². The lowest BCUT2D eigenvalue weighted by Gasteiger charge is -2.04. The van der Waals surface area contributed by atoms with Crippen LogP contribution >= 0.6 is 0 Å². The highest BCUT2D eigenvalue weighted by Crippen LogP contribution is 1.90. The smallest absolute Gasteiger partial charge is 0.420 e. The standard InChI is InChI=1S/C6H11NO6S/c1-12-6(9)7-14(10,11)4-2-3-13-5-8/h5H,2-4H2,1H3,(H,7,9). The first-order valence-electron chi connectivity index (χ1n) is 3.65. The molecule has 0 atom stereocenters. The summed E-state index contributed by atoms with van der Waals surface area (Å²) < 4.78 is 32.0. The van der Waals surface area contributed by atoms with Gasteiger partial charge in [-0.05, 0) is 6.42 Å². The van der Waals surface area contributed by atoms with Crippen LogP contribution in [0.15, 0.2) is 0 Å². The van der Waals surface area contributed by atoms with Crippen molar-refractivity contribution in [1.29, 1.82) is 0 Å². The largest absolute Gasteiger partial charge is 0.468 e. The molecule has 0 aliphatic rings. The first-order valence-corrected chi connectivity index (χ1v) is 5.30. The number of rotatable bonds is 6. The summed E-state index contributed by atoms with van der Waals surface area (Å²) in [5, 5.41) is 0. The van der Waals surface area contributed by atoms with Gasteiger partial charge in [0.15, 0.2) is 0 Å². The zero-order valence-electron chi connectivity index (χ0n) is 7.56. The zero-order chi connectivity index (χ0) is 11.0. The van der Waals surface area contributed by atoms with E-state index in [0.717, 1.165) is 7.11 Å². The summed E-state index contributed by atoms with van der Waals surface area (Å²) in [5.74, 6) is -0.310. The molecule has 0 heterocycles. The molecule has 14 heavy (non-hydrogen) atoms. The summed E-state index contributed by atoms with van der Waals surface area (Å²) in [4.78, 5) is 20.2. The average Bonchev–Trinajstić information content (AvgIpc) is 2.12. The van der Waals surface area contributed by atoms with Crippen LogP contribution in [0, 0.1) is 0 Å². The Bertz CT molecular complexity index is 285. The van der Waals surface area contributed by atoms with Gasteiger partial charge in [-0.3, -0.25) is 4.79 Å². The summed E-state index contributed by atoms with van der Waals surface area (Å²) in [6.45, 7) is 0.214. The highest BCUT2D eigenvalue weighted by Gasteiger charge is 2.13. The molecule has 0 radical (unpaired) electrons. The molecule has 7 nitrogen and oxygen atoms in total. The monoisotopic (exact) mass is 225 g/mol. The second-order valence-corrected chi connectivity index (χ2v) is 4.07. The van der Waals surface area contributed by atoms with Crippen molar-refractivity contribution in [1.82, 2.24) is 4.72 Å². The molecule has 0 aromatic carbocycles. The van der Waals surface area contributed by atoms with Gasteiger partial charge in [0.2, 0.25) is 10.0 Å². The number of sulfonamides is 1. The van der Waals surface area contributed by atoms with E-state index in [-0.39, 0.29) is 25.3 Å². The van der Waals surface area contributed by atoms with E-state index in [4.69, 9.17) is 0 Å². The third kappa shape index (κ3) is 6.23. The number of carbonyl (C=O) groups is 2. The summed E-state index contributed by atoms with van der Waals surface area (Å²) in [7, 11) is -2.64. The van der Waals surface area contributed by atoms with Crippen molar-refractivity contribution in [3.05, 3.63) is 0 Å². The molecule has 82 valence electrons. The molecule has 0 aliphatic heterocycles. The van der Waals surface area contributed by atoms with Gasteiger partial charge in [0, 0.05) is 0 Å². The number of amides is 1. The van der Waals surface area contributed by atoms with Crippen molar-refractivity contribution in [2.75, 3.05) is 19.5 Å². The number of methoxy groups -OCH3 is 1. The van der Waals surface area contributed by atoms with E-state index in [1.165, 1.54) is 0 Å². The van der Waals surface area contributed by atoms with Gasteiger partial charge in [0.05, 0.1) is 19.5 Å². The molecule has 0 spiro atoms. The van der Waals surface area contributed by atoms with Gasteiger partial charge in [-0.2, -0.15) is 0 Å². The maximum atomic E-state index is 11.0. The molecule has 1 N–H and O–H groups in total. The van der Waals surface area contributed by atoms with Crippen molar-refractivity contribution in [3.8, 4) is 0 Å². The molecule has 0 aromatic heterocycles. The van der Waals surface area contributed by atoms with Crippen LogP contribution < -0.4 is 4.72 Å². The minimum Gasteiger partial charge on any atom is -0.468 e. The van der Waals surface area contributed by atoms with Crippen LogP contribution in [0.5, 0.6) is 0 Å². The van der Waals surface area contributed by atoms with E-state index >= 15 is 0 Å². The lowest BCUT2D eigenvalue weighted by atomic mass is 10.5. The van der Waals surface area contributed by atoms with E-state index in [1.54, 1.807) is 4.72 Å². The third-order valence-electron chi connectivity index (χ3n) is 1.17. The van der Waals surface area contributed by atoms with Crippen LogP contribution in [-0.2, 0) is 24.3 Å². The van der Waals surface area contributed by atoms with Gasteiger partial charge in [-0.25, -0.2) is 17.9 Å². The average molecular weight is 225 g/mol. The summed E-state index contributed by atoms with van der Waals surface area (Å²) >= 11 is 0. The Morgan fingerprint density at radius 2 is 2.14 bits per heavy atom. The second kappa shape index (κ2) is 6.19. The Morgan fingerprint density at radius 1 is 1.50 bits per heavy atom. The lowest BCUT2D eigenvalue weighted by Crippen LogP contribution is -2.32. The van der Waals surface area contributed by atoms with Gasteiger partial charge in [0.1, 0.15) is 0 Å². The minimum absolute atomic E-state index is 0.00835. The lowest BCUT2D eigenvalue weighted by molar-refractivity contribution is -0.128. The van der Waals surface area contributed by atoms with Crippen molar-refractivity contribution >= 4 is 22.6 Å². The molecule has 0 aromatic rings. The number of hydrogen-bond acceptors (Lipinski definition) is 6. The molecular weight excluding hydrogens is 214 g/mol. The molecule has 0 fully saturated rings. The Balaban J connectivity index is 3.84. The second-order valence-electron chi connectivity index (χ2n) is 2.23. The van der Waals surface area contributed by atoms with E-state index in [0.29, 0.717) is 0 Å². The Morgan fingerprint density at radius 3 is 2.64 bits per heavy atom. The van der Waals surface area contributed by atoms with Crippen LogP contribution in [0.2, 0.25) is 0 Å². The van der Waals surface area contributed by atoms with Gasteiger partial charge in [0.25, 0.3) is 6.47 Å². The SMILES string of the molecule is COC(=O)NS(=O)(=O)CCCOC=O. The van der Waals surface area contributed by atoms with Crippen molar-refractivity contribution < 1.29 is 27.5 Å². The predicted molar refractivity (Wildman–Crippen MR) is 46.0 cm³/mol. The number of nitrogens with one attached hydrogen (secondary N) is 1. The Labute approximate surface area is 81.4 Å². The van der Waals surface area contributed by atoms with Crippen molar-refractivity contribution in [3.63, 3.8) is 0 Å². The van der Waals surface area contributed by atoms with Crippen LogP contribution in [0.1, 0.15) is 6.42 Å².